The lowest BCUT2D eigenvalue weighted by Crippen LogP contribution is -2.50. The molecule has 1 N–H and O–H groups in total. The lowest BCUT2D eigenvalue weighted by molar-refractivity contribution is -0.134. The molecule has 1 aliphatic heterocycles. The standard InChI is InChI=1S/C20H23N5O2/c1-14-16(23-20(27-14)15-6-4-3-5-7-15)12-18(26)25-11-8-21-13-17(25)19-22-9-10-24(19)2/h3-7,9-10,17,21H,8,11-13H2,1-2H3. The zero-order valence-corrected chi connectivity index (χ0v) is 15.6. The quantitative estimate of drug-likeness (QED) is 0.766. The van der Waals surface area contributed by atoms with Gasteiger partial charge in [0.1, 0.15) is 17.6 Å². The zero-order chi connectivity index (χ0) is 18.8. The average molecular weight is 365 g/mol. The van der Waals surface area contributed by atoms with Crippen LogP contribution in [0.3, 0.4) is 0 Å². The van der Waals surface area contributed by atoms with Crippen LogP contribution in [0.25, 0.3) is 11.5 Å². The monoisotopic (exact) mass is 365 g/mol. The predicted molar refractivity (Wildman–Crippen MR) is 101 cm³/mol. The first-order valence-electron chi connectivity index (χ1n) is 9.12. The van der Waals surface area contributed by atoms with Crippen molar-refractivity contribution >= 4 is 5.91 Å². The summed E-state index contributed by atoms with van der Waals surface area (Å²) in [5, 5.41) is 3.35. The van der Waals surface area contributed by atoms with Crippen molar-refractivity contribution in [3.63, 3.8) is 0 Å². The van der Waals surface area contributed by atoms with Crippen LogP contribution in [-0.4, -0.2) is 45.0 Å². The molecule has 0 radical (unpaired) electrons. The minimum absolute atomic E-state index is 0.0421. The minimum Gasteiger partial charge on any atom is -0.441 e. The summed E-state index contributed by atoms with van der Waals surface area (Å²) < 4.78 is 7.76. The van der Waals surface area contributed by atoms with E-state index in [9.17, 15) is 4.79 Å². The van der Waals surface area contributed by atoms with Crippen molar-refractivity contribution in [1.82, 2.24) is 24.8 Å². The number of hydrogen-bond donors (Lipinski definition) is 1. The molecular formula is C20H23N5O2. The molecule has 1 amide bonds. The van der Waals surface area contributed by atoms with Gasteiger partial charge in [-0.2, -0.15) is 0 Å². The average Bonchev–Trinajstić information content (AvgIpc) is 3.28. The van der Waals surface area contributed by atoms with Crippen molar-refractivity contribution < 1.29 is 9.21 Å². The summed E-state index contributed by atoms with van der Waals surface area (Å²) in [6.45, 7) is 3.98. The van der Waals surface area contributed by atoms with E-state index in [-0.39, 0.29) is 18.4 Å². The first-order chi connectivity index (χ1) is 13.1. The number of benzene rings is 1. The summed E-state index contributed by atoms with van der Waals surface area (Å²) in [5.74, 6) is 2.17. The maximum Gasteiger partial charge on any atom is 0.229 e. The maximum absolute atomic E-state index is 13.1. The summed E-state index contributed by atoms with van der Waals surface area (Å²) in [7, 11) is 1.95. The van der Waals surface area contributed by atoms with Crippen molar-refractivity contribution in [3.8, 4) is 11.5 Å². The molecule has 1 unspecified atom stereocenters. The number of imidazole rings is 1. The van der Waals surface area contributed by atoms with Crippen molar-refractivity contribution in [1.29, 1.82) is 0 Å². The van der Waals surface area contributed by atoms with E-state index in [0.717, 1.165) is 17.9 Å². The number of nitrogens with zero attached hydrogens (tertiary/aromatic N) is 4. The first-order valence-corrected chi connectivity index (χ1v) is 9.12. The minimum atomic E-state index is -0.0768. The summed E-state index contributed by atoms with van der Waals surface area (Å²) >= 11 is 0. The lowest BCUT2D eigenvalue weighted by Gasteiger charge is -2.35. The van der Waals surface area contributed by atoms with Crippen LogP contribution in [-0.2, 0) is 18.3 Å². The summed E-state index contributed by atoms with van der Waals surface area (Å²) in [6, 6.07) is 9.66. The van der Waals surface area contributed by atoms with Crippen molar-refractivity contribution in [2.24, 2.45) is 7.05 Å². The second kappa shape index (κ2) is 7.36. The summed E-state index contributed by atoms with van der Waals surface area (Å²) in [5.41, 5.74) is 1.60. The number of aryl methyl sites for hydroxylation is 2. The Balaban J connectivity index is 1.54. The van der Waals surface area contributed by atoms with E-state index >= 15 is 0 Å². The van der Waals surface area contributed by atoms with Crippen LogP contribution in [0.4, 0.5) is 0 Å². The van der Waals surface area contributed by atoms with E-state index < -0.39 is 0 Å². The third-order valence-corrected chi connectivity index (χ3v) is 4.95. The number of carbonyl (C=O) groups is 1. The lowest BCUT2D eigenvalue weighted by atomic mass is 10.1. The second-order valence-corrected chi connectivity index (χ2v) is 6.77. The van der Waals surface area contributed by atoms with Crippen molar-refractivity contribution in [3.05, 3.63) is 60.0 Å². The fraction of sp³-hybridized carbons (Fsp3) is 0.350. The molecule has 7 heteroatoms. The van der Waals surface area contributed by atoms with E-state index in [0.29, 0.717) is 30.4 Å². The second-order valence-electron chi connectivity index (χ2n) is 6.77. The molecule has 1 saturated heterocycles. The molecule has 1 fully saturated rings. The number of carbonyl (C=O) groups excluding carboxylic acids is 1. The van der Waals surface area contributed by atoms with Gasteiger partial charge in [0.2, 0.25) is 11.8 Å². The van der Waals surface area contributed by atoms with Crippen LogP contribution in [0.15, 0.2) is 47.1 Å². The molecule has 0 aliphatic carbocycles. The van der Waals surface area contributed by atoms with Crippen LogP contribution in [0.2, 0.25) is 0 Å². The smallest absolute Gasteiger partial charge is 0.229 e. The normalized spacial score (nSPS) is 17.3. The Hall–Kier alpha value is -2.93. The SMILES string of the molecule is Cc1oc(-c2ccccc2)nc1CC(=O)N1CCNCC1c1nccn1C. The van der Waals surface area contributed by atoms with E-state index in [4.69, 9.17) is 4.42 Å². The molecule has 0 saturated carbocycles. The number of hydrogen-bond acceptors (Lipinski definition) is 5. The van der Waals surface area contributed by atoms with Gasteiger partial charge in [0, 0.05) is 44.6 Å². The molecule has 3 heterocycles. The van der Waals surface area contributed by atoms with Gasteiger partial charge in [-0.3, -0.25) is 4.79 Å². The van der Waals surface area contributed by atoms with Crippen LogP contribution in [0.1, 0.15) is 23.3 Å². The molecule has 3 aromatic rings. The summed E-state index contributed by atoms with van der Waals surface area (Å²) in [6.07, 6.45) is 3.89. The fourth-order valence-electron chi connectivity index (χ4n) is 3.47. The number of aromatic nitrogens is 3. The van der Waals surface area contributed by atoms with Gasteiger partial charge in [0.05, 0.1) is 12.1 Å². The molecule has 2 aromatic heterocycles. The van der Waals surface area contributed by atoms with Gasteiger partial charge in [-0.05, 0) is 19.1 Å². The molecule has 7 nitrogen and oxygen atoms in total. The number of piperazine rings is 1. The topological polar surface area (TPSA) is 76.2 Å². The molecule has 0 spiro atoms. The highest BCUT2D eigenvalue weighted by atomic mass is 16.4. The van der Waals surface area contributed by atoms with Crippen molar-refractivity contribution in [2.45, 2.75) is 19.4 Å². The third kappa shape index (κ3) is 3.50. The van der Waals surface area contributed by atoms with Gasteiger partial charge < -0.3 is 19.2 Å². The Morgan fingerprint density at radius 3 is 2.89 bits per heavy atom. The number of amides is 1. The zero-order valence-electron chi connectivity index (χ0n) is 15.6. The molecule has 140 valence electrons. The van der Waals surface area contributed by atoms with Crippen LogP contribution in [0.5, 0.6) is 0 Å². The fourth-order valence-corrected chi connectivity index (χ4v) is 3.47. The van der Waals surface area contributed by atoms with E-state index in [2.05, 4.69) is 15.3 Å². The highest BCUT2D eigenvalue weighted by Crippen LogP contribution is 2.24. The maximum atomic E-state index is 13.1. The van der Waals surface area contributed by atoms with Gasteiger partial charge in [-0.15, -0.1) is 0 Å². The molecule has 1 aromatic carbocycles. The third-order valence-electron chi connectivity index (χ3n) is 4.95. The molecule has 27 heavy (non-hydrogen) atoms. The van der Waals surface area contributed by atoms with Gasteiger partial charge >= 0.3 is 0 Å². The molecular weight excluding hydrogens is 342 g/mol. The highest BCUT2D eigenvalue weighted by molar-refractivity contribution is 5.79. The van der Waals surface area contributed by atoms with Gasteiger partial charge in [-0.1, -0.05) is 18.2 Å². The van der Waals surface area contributed by atoms with Crippen LogP contribution >= 0.6 is 0 Å². The van der Waals surface area contributed by atoms with E-state index in [1.54, 1.807) is 6.20 Å². The highest BCUT2D eigenvalue weighted by Gasteiger charge is 2.31. The van der Waals surface area contributed by atoms with Crippen LogP contribution in [0, 0.1) is 6.92 Å². The molecule has 0 bridgehead atoms. The van der Waals surface area contributed by atoms with Crippen LogP contribution < -0.4 is 5.32 Å². The number of nitrogens with one attached hydrogen (secondary N) is 1. The first kappa shape index (κ1) is 17.5. The summed E-state index contributed by atoms with van der Waals surface area (Å²) in [4.78, 5) is 24.0. The van der Waals surface area contributed by atoms with Gasteiger partial charge in [-0.25, -0.2) is 9.97 Å². The number of rotatable bonds is 4. The Bertz CT molecular complexity index is 931. The Labute approximate surface area is 158 Å². The largest absolute Gasteiger partial charge is 0.441 e. The predicted octanol–water partition coefficient (Wildman–Crippen LogP) is 2.10. The van der Waals surface area contributed by atoms with E-state index in [1.165, 1.54) is 0 Å². The van der Waals surface area contributed by atoms with Gasteiger partial charge in [0.15, 0.2) is 0 Å². The Kier molecular flexibility index (Phi) is 4.77. The number of oxazole rings is 1. The Morgan fingerprint density at radius 2 is 2.15 bits per heavy atom. The van der Waals surface area contributed by atoms with Gasteiger partial charge in [0.25, 0.3) is 0 Å². The Morgan fingerprint density at radius 1 is 1.33 bits per heavy atom. The molecule has 1 atom stereocenters. The van der Waals surface area contributed by atoms with E-state index in [1.807, 2.05) is 60.0 Å². The molecule has 1 aliphatic rings. The molecule has 4 rings (SSSR count). The van der Waals surface area contributed by atoms with Crippen molar-refractivity contribution in [2.75, 3.05) is 19.6 Å².